The molecule has 0 radical (unpaired) electrons. The molecule has 0 saturated carbocycles. The molecule has 0 spiro atoms. The Bertz CT molecular complexity index is 468. The Kier molecular flexibility index (Phi) is 3.37. The largest absolute Gasteiger partial charge is 0.383 e. The molecule has 1 aromatic heterocycles. The van der Waals surface area contributed by atoms with Gasteiger partial charge in [-0.25, -0.2) is 4.98 Å². The molecule has 1 aromatic carbocycles. The second-order valence-electron chi connectivity index (χ2n) is 3.48. The van der Waals surface area contributed by atoms with Crippen LogP contribution in [0.15, 0.2) is 30.3 Å². The molecule has 0 aliphatic carbocycles. The number of anilines is 2. The van der Waals surface area contributed by atoms with Crippen molar-refractivity contribution in [3.8, 4) is 0 Å². The first-order valence-corrected chi connectivity index (χ1v) is 4.51. The molecule has 0 unspecified atom stereocenters. The number of rotatable bonds is 1. The van der Waals surface area contributed by atoms with Gasteiger partial charge in [0, 0.05) is 19.5 Å². The third-order valence-electron chi connectivity index (χ3n) is 2.21. The highest BCUT2D eigenvalue weighted by atomic mass is 35.5. The van der Waals surface area contributed by atoms with E-state index in [2.05, 4.69) is 4.98 Å². The van der Waals surface area contributed by atoms with E-state index in [4.69, 9.17) is 5.73 Å². The Labute approximate surface area is 95.3 Å². The zero-order chi connectivity index (χ0) is 10.1. The van der Waals surface area contributed by atoms with Gasteiger partial charge in [0.1, 0.15) is 11.6 Å². The number of hydrogen-bond donors (Lipinski definition) is 1. The first kappa shape index (κ1) is 11.6. The zero-order valence-corrected chi connectivity index (χ0v) is 9.58. The lowest BCUT2D eigenvalue weighted by molar-refractivity contribution is 1.08. The standard InChI is InChI=1S/C11H13N3.ClH/c1-14(2)10-7-8-5-3-4-6-9(8)11(12)13-10;/h3-7H,1-2H3,(H2,12,13);1H. The van der Waals surface area contributed by atoms with Gasteiger partial charge in [-0.2, -0.15) is 0 Å². The Balaban J connectivity index is 0.00000112. The molecule has 15 heavy (non-hydrogen) atoms. The molecule has 0 aliphatic rings. The summed E-state index contributed by atoms with van der Waals surface area (Å²) in [4.78, 5) is 6.25. The predicted octanol–water partition coefficient (Wildman–Crippen LogP) is 2.30. The van der Waals surface area contributed by atoms with Crippen molar-refractivity contribution in [2.75, 3.05) is 24.7 Å². The lowest BCUT2D eigenvalue weighted by atomic mass is 10.1. The van der Waals surface area contributed by atoms with Crippen LogP contribution in [-0.4, -0.2) is 19.1 Å². The number of benzene rings is 1. The van der Waals surface area contributed by atoms with Crippen molar-refractivity contribution in [2.24, 2.45) is 0 Å². The van der Waals surface area contributed by atoms with Crippen LogP contribution >= 0.6 is 12.4 Å². The smallest absolute Gasteiger partial charge is 0.133 e. The molecular weight excluding hydrogens is 210 g/mol. The van der Waals surface area contributed by atoms with Gasteiger partial charge in [0.25, 0.3) is 0 Å². The van der Waals surface area contributed by atoms with Crippen molar-refractivity contribution in [3.05, 3.63) is 30.3 Å². The second kappa shape index (κ2) is 4.36. The van der Waals surface area contributed by atoms with Gasteiger partial charge in [0.2, 0.25) is 0 Å². The van der Waals surface area contributed by atoms with Crippen LogP contribution in [0.25, 0.3) is 10.8 Å². The SMILES string of the molecule is CN(C)c1cc2ccccc2c(N)n1.Cl. The summed E-state index contributed by atoms with van der Waals surface area (Å²) in [5.41, 5.74) is 5.86. The van der Waals surface area contributed by atoms with Crippen LogP contribution in [0.1, 0.15) is 0 Å². The molecule has 2 rings (SSSR count). The minimum absolute atomic E-state index is 0. The Hall–Kier alpha value is -1.48. The van der Waals surface area contributed by atoms with E-state index in [1.165, 1.54) is 0 Å². The second-order valence-corrected chi connectivity index (χ2v) is 3.48. The lowest BCUT2D eigenvalue weighted by Crippen LogP contribution is -2.11. The van der Waals surface area contributed by atoms with E-state index in [0.29, 0.717) is 5.82 Å². The number of pyridine rings is 1. The Morgan fingerprint density at radius 2 is 1.87 bits per heavy atom. The van der Waals surface area contributed by atoms with Crippen molar-refractivity contribution in [3.63, 3.8) is 0 Å². The fraction of sp³-hybridized carbons (Fsp3) is 0.182. The molecule has 4 heteroatoms. The van der Waals surface area contributed by atoms with Crippen LogP contribution < -0.4 is 10.6 Å². The third kappa shape index (κ3) is 2.13. The fourth-order valence-corrected chi connectivity index (χ4v) is 1.44. The normalized spacial score (nSPS) is 9.73. The summed E-state index contributed by atoms with van der Waals surface area (Å²) in [5.74, 6) is 1.48. The molecule has 1 heterocycles. The molecule has 0 amide bonds. The number of aromatic nitrogens is 1. The molecule has 2 N–H and O–H groups in total. The summed E-state index contributed by atoms with van der Waals surface area (Å²) in [6, 6.07) is 10.0. The van der Waals surface area contributed by atoms with Crippen LogP contribution in [0.5, 0.6) is 0 Å². The number of halogens is 1. The van der Waals surface area contributed by atoms with E-state index in [1.807, 2.05) is 49.3 Å². The van der Waals surface area contributed by atoms with Crippen molar-refractivity contribution in [1.82, 2.24) is 4.98 Å². The van der Waals surface area contributed by atoms with E-state index in [-0.39, 0.29) is 12.4 Å². The molecule has 0 saturated heterocycles. The minimum atomic E-state index is 0. The molecule has 2 aromatic rings. The van der Waals surface area contributed by atoms with E-state index in [1.54, 1.807) is 0 Å². The number of hydrogen-bond acceptors (Lipinski definition) is 3. The highest BCUT2D eigenvalue weighted by molar-refractivity contribution is 5.92. The highest BCUT2D eigenvalue weighted by Gasteiger charge is 2.03. The highest BCUT2D eigenvalue weighted by Crippen LogP contribution is 2.23. The molecule has 3 nitrogen and oxygen atoms in total. The molecule has 0 bridgehead atoms. The molecular formula is C11H14ClN3. The number of nitrogen functional groups attached to an aromatic ring is 1. The Morgan fingerprint density at radius 1 is 1.20 bits per heavy atom. The fourth-order valence-electron chi connectivity index (χ4n) is 1.44. The lowest BCUT2D eigenvalue weighted by Gasteiger charge is -2.13. The molecule has 0 fully saturated rings. The van der Waals surface area contributed by atoms with Crippen LogP contribution in [0.4, 0.5) is 11.6 Å². The van der Waals surface area contributed by atoms with Gasteiger partial charge in [0.05, 0.1) is 0 Å². The van der Waals surface area contributed by atoms with E-state index in [0.717, 1.165) is 16.6 Å². The van der Waals surface area contributed by atoms with Crippen LogP contribution in [-0.2, 0) is 0 Å². The maximum Gasteiger partial charge on any atom is 0.133 e. The third-order valence-corrected chi connectivity index (χ3v) is 2.21. The Morgan fingerprint density at radius 3 is 2.53 bits per heavy atom. The van der Waals surface area contributed by atoms with Gasteiger partial charge in [-0.3, -0.25) is 0 Å². The van der Waals surface area contributed by atoms with Crippen LogP contribution in [0.2, 0.25) is 0 Å². The van der Waals surface area contributed by atoms with Gasteiger partial charge in [-0.05, 0) is 11.5 Å². The zero-order valence-electron chi connectivity index (χ0n) is 8.77. The van der Waals surface area contributed by atoms with Gasteiger partial charge in [0.15, 0.2) is 0 Å². The summed E-state index contributed by atoms with van der Waals surface area (Å²) >= 11 is 0. The summed E-state index contributed by atoms with van der Waals surface area (Å²) in [5, 5.41) is 2.14. The van der Waals surface area contributed by atoms with E-state index < -0.39 is 0 Å². The maximum atomic E-state index is 5.86. The first-order chi connectivity index (χ1) is 6.68. The van der Waals surface area contributed by atoms with Gasteiger partial charge < -0.3 is 10.6 Å². The summed E-state index contributed by atoms with van der Waals surface area (Å²) in [7, 11) is 3.91. The van der Waals surface area contributed by atoms with Crippen LogP contribution in [0, 0.1) is 0 Å². The van der Waals surface area contributed by atoms with Gasteiger partial charge in [-0.1, -0.05) is 24.3 Å². The summed E-state index contributed by atoms with van der Waals surface area (Å²) in [6.45, 7) is 0. The molecule has 80 valence electrons. The van der Waals surface area contributed by atoms with E-state index >= 15 is 0 Å². The van der Waals surface area contributed by atoms with Gasteiger partial charge in [-0.15, -0.1) is 12.4 Å². The predicted molar refractivity (Wildman–Crippen MR) is 67.7 cm³/mol. The van der Waals surface area contributed by atoms with Crippen LogP contribution in [0.3, 0.4) is 0 Å². The average molecular weight is 224 g/mol. The number of nitrogens with two attached hydrogens (primary N) is 1. The molecule has 0 aliphatic heterocycles. The monoisotopic (exact) mass is 223 g/mol. The molecule has 0 atom stereocenters. The van der Waals surface area contributed by atoms with Crippen molar-refractivity contribution >= 4 is 34.8 Å². The van der Waals surface area contributed by atoms with Crippen molar-refractivity contribution in [1.29, 1.82) is 0 Å². The maximum absolute atomic E-state index is 5.86. The number of nitrogens with zero attached hydrogens (tertiary/aromatic N) is 2. The summed E-state index contributed by atoms with van der Waals surface area (Å²) < 4.78 is 0. The van der Waals surface area contributed by atoms with Gasteiger partial charge >= 0.3 is 0 Å². The quantitative estimate of drug-likeness (QED) is 0.807. The van der Waals surface area contributed by atoms with Crippen molar-refractivity contribution < 1.29 is 0 Å². The first-order valence-electron chi connectivity index (χ1n) is 4.51. The topological polar surface area (TPSA) is 42.1 Å². The van der Waals surface area contributed by atoms with E-state index in [9.17, 15) is 0 Å². The average Bonchev–Trinajstić information content (AvgIpc) is 2.17. The minimum Gasteiger partial charge on any atom is -0.383 e. The van der Waals surface area contributed by atoms with Crippen molar-refractivity contribution in [2.45, 2.75) is 0 Å². The summed E-state index contributed by atoms with van der Waals surface area (Å²) in [6.07, 6.45) is 0. The number of fused-ring (bicyclic) bond motifs is 1.